The number of carbonyl (C=O) groups excluding carboxylic acids is 1. The average Bonchev–Trinajstić information content (AvgIpc) is 1.64. The van der Waals surface area contributed by atoms with Gasteiger partial charge in [-0.25, -0.2) is 9.38 Å². The molecule has 0 saturated heterocycles. The molecule has 0 aliphatic carbocycles. The molecule has 2 nitrogen and oxygen atoms in total. The van der Waals surface area contributed by atoms with Crippen molar-refractivity contribution >= 4 is 12.0 Å². The predicted molar refractivity (Wildman–Crippen MR) is 26.2 cm³/mol. The van der Waals surface area contributed by atoms with E-state index in [1.54, 1.807) is 0 Å². The van der Waals surface area contributed by atoms with Crippen molar-refractivity contribution in [3.05, 3.63) is 12.0 Å². The second kappa shape index (κ2) is 1.86. The Morgan fingerprint density at radius 3 is 3.00 bits per heavy atom. The number of hydrogen-bond donors (Lipinski definition) is 0. The number of nitrogens with zero attached hydrogens (tertiary/aromatic N) is 1. The first-order valence-corrected chi connectivity index (χ1v) is 2.12. The van der Waals surface area contributed by atoms with Gasteiger partial charge in [-0.05, 0) is 0 Å². The Kier molecular flexibility index (Phi) is 1.20. The molecule has 0 atom stereocenters. The topological polar surface area (TPSA) is 29.4 Å². The molecule has 0 bridgehead atoms. The molecule has 0 spiro atoms. The van der Waals surface area contributed by atoms with Crippen molar-refractivity contribution in [1.82, 2.24) is 0 Å². The minimum absolute atomic E-state index is 0.177. The first-order valence-electron chi connectivity index (χ1n) is 2.12. The molecule has 41 valence electrons. The van der Waals surface area contributed by atoms with Crippen LogP contribution in [0, 0.1) is 0 Å². The molecule has 1 heterocycles. The highest BCUT2D eigenvalue weighted by molar-refractivity contribution is 6.28. The lowest BCUT2D eigenvalue weighted by atomic mass is 10.2. The van der Waals surface area contributed by atoms with Crippen LogP contribution in [0.2, 0.25) is 0 Å². The molecule has 0 N–H and O–H groups in total. The van der Waals surface area contributed by atoms with Gasteiger partial charge in [0.2, 0.25) is 0 Å². The van der Waals surface area contributed by atoms with Crippen LogP contribution < -0.4 is 0 Å². The first-order chi connectivity index (χ1) is 3.79. The molecule has 0 aromatic carbocycles. The highest BCUT2D eigenvalue weighted by Gasteiger charge is 2.06. The van der Waals surface area contributed by atoms with E-state index in [1.165, 1.54) is 0 Å². The van der Waals surface area contributed by atoms with Crippen LogP contribution >= 0.6 is 0 Å². The molecule has 1 radical (unpaired) electrons. The lowest BCUT2D eigenvalue weighted by Crippen LogP contribution is -2.01. The Bertz CT molecular complexity index is 171. The minimum atomic E-state index is -0.492. The van der Waals surface area contributed by atoms with E-state index in [-0.39, 0.29) is 6.42 Å². The molecule has 0 amide bonds. The number of allylic oxidation sites excluding steroid dienone is 1. The standard InChI is InChI=1S/C5H3FNO/c6-4-1-5(8)3-7-2-4/h2H,1H2. The van der Waals surface area contributed by atoms with E-state index in [1.807, 2.05) is 0 Å². The Morgan fingerprint density at radius 2 is 2.62 bits per heavy atom. The Morgan fingerprint density at radius 1 is 1.88 bits per heavy atom. The largest absolute Gasteiger partial charge is 0.292 e. The quantitative estimate of drug-likeness (QED) is 0.454. The van der Waals surface area contributed by atoms with E-state index >= 15 is 0 Å². The Hall–Kier alpha value is -0.990. The summed E-state index contributed by atoms with van der Waals surface area (Å²) in [5.41, 5.74) is 0. The van der Waals surface area contributed by atoms with Gasteiger partial charge in [-0.1, -0.05) is 0 Å². The lowest BCUT2D eigenvalue weighted by Gasteiger charge is -1.92. The maximum absolute atomic E-state index is 11.9. The van der Waals surface area contributed by atoms with Crippen LogP contribution in [0.15, 0.2) is 17.0 Å². The van der Waals surface area contributed by atoms with E-state index in [0.717, 1.165) is 6.20 Å². The van der Waals surface area contributed by atoms with E-state index in [2.05, 4.69) is 11.2 Å². The number of ketones is 1. The summed E-state index contributed by atoms with van der Waals surface area (Å²) in [7, 11) is 0. The zero-order valence-corrected chi connectivity index (χ0v) is 4.02. The van der Waals surface area contributed by atoms with Crippen LogP contribution in [0.5, 0.6) is 0 Å². The molecule has 1 rings (SSSR count). The van der Waals surface area contributed by atoms with Gasteiger partial charge in [0.05, 0.1) is 12.6 Å². The maximum Gasteiger partial charge on any atom is 0.190 e. The van der Waals surface area contributed by atoms with Gasteiger partial charge < -0.3 is 0 Å². The third-order valence-corrected chi connectivity index (χ3v) is 0.723. The smallest absolute Gasteiger partial charge is 0.190 e. The van der Waals surface area contributed by atoms with Crippen molar-refractivity contribution < 1.29 is 9.18 Å². The fraction of sp³-hybridized carbons (Fsp3) is 0.200. The molecule has 0 saturated carbocycles. The van der Waals surface area contributed by atoms with Crippen molar-refractivity contribution in [1.29, 1.82) is 0 Å². The van der Waals surface area contributed by atoms with Gasteiger partial charge in [0.1, 0.15) is 12.0 Å². The SMILES string of the molecule is O=C1[C]=NC=C(F)C1. The molecule has 8 heavy (non-hydrogen) atoms. The molecule has 3 heteroatoms. The molecule has 1 aliphatic heterocycles. The summed E-state index contributed by atoms with van der Waals surface area (Å²) in [5.74, 6) is -0.890. The van der Waals surface area contributed by atoms with E-state index in [9.17, 15) is 9.18 Å². The van der Waals surface area contributed by atoms with Crippen molar-refractivity contribution in [2.75, 3.05) is 0 Å². The number of rotatable bonds is 0. The lowest BCUT2D eigenvalue weighted by molar-refractivity contribution is -0.112. The van der Waals surface area contributed by atoms with Gasteiger partial charge in [0.25, 0.3) is 0 Å². The van der Waals surface area contributed by atoms with Crippen molar-refractivity contribution in [2.45, 2.75) is 6.42 Å². The monoisotopic (exact) mass is 112 g/mol. The minimum Gasteiger partial charge on any atom is -0.292 e. The van der Waals surface area contributed by atoms with Crippen molar-refractivity contribution in [2.24, 2.45) is 4.99 Å². The van der Waals surface area contributed by atoms with Crippen LogP contribution in [0.25, 0.3) is 0 Å². The molecule has 0 unspecified atom stereocenters. The fourth-order valence-corrected chi connectivity index (χ4v) is 0.413. The van der Waals surface area contributed by atoms with Crippen LogP contribution in [0.4, 0.5) is 4.39 Å². The number of hydrogen-bond acceptors (Lipinski definition) is 2. The molecule has 0 aromatic heterocycles. The van der Waals surface area contributed by atoms with Gasteiger partial charge in [0, 0.05) is 0 Å². The maximum atomic E-state index is 11.9. The van der Waals surface area contributed by atoms with E-state index in [4.69, 9.17) is 0 Å². The summed E-state index contributed by atoms with van der Waals surface area (Å²) in [4.78, 5) is 13.4. The zero-order valence-electron chi connectivity index (χ0n) is 4.02. The van der Waals surface area contributed by atoms with Gasteiger partial charge in [-0.3, -0.25) is 4.79 Å². The summed E-state index contributed by atoms with van der Waals surface area (Å²) in [6.45, 7) is 0. The zero-order chi connectivity index (χ0) is 5.98. The summed E-state index contributed by atoms with van der Waals surface area (Å²) >= 11 is 0. The number of Topliss-reactive ketones (excluding diaryl/α,β-unsaturated/α-hetero) is 1. The van der Waals surface area contributed by atoms with Crippen LogP contribution in [-0.2, 0) is 4.79 Å². The number of halogens is 1. The number of carbonyl (C=O) groups is 1. The Labute approximate surface area is 45.7 Å². The predicted octanol–water partition coefficient (Wildman–Crippen LogP) is 0.718. The summed E-state index contributed by atoms with van der Waals surface area (Å²) in [5, 5.41) is 0. The van der Waals surface area contributed by atoms with Gasteiger partial charge >= 0.3 is 0 Å². The van der Waals surface area contributed by atoms with Crippen molar-refractivity contribution in [3.8, 4) is 0 Å². The van der Waals surface area contributed by atoms with Gasteiger partial charge in [-0.2, -0.15) is 0 Å². The summed E-state index contributed by atoms with van der Waals surface area (Å²) < 4.78 is 11.9. The average molecular weight is 112 g/mol. The molecule has 0 aromatic rings. The fourth-order valence-electron chi connectivity index (χ4n) is 0.413. The molecule has 0 fully saturated rings. The summed E-state index contributed by atoms with van der Waals surface area (Å²) in [6.07, 6.45) is 2.89. The van der Waals surface area contributed by atoms with Gasteiger partial charge in [0.15, 0.2) is 5.78 Å². The highest BCUT2D eigenvalue weighted by atomic mass is 19.1. The van der Waals surface area contributed by atoms with E-state index in [0.29, 0.717) is 0 Å². The second-order valence-corrected chi connectivity index (χ2v) is 1.42. The summed E-state index contributed by atoms with van der Waals surface area (Å²) in [6, 6.07) is 0. The van der Waals surface area contributed by atoms with Crippen molar-refractivity contribution in [3.63, 3.8) is 0 Å². The molecular weight excluding hydrogens is 109 g/mol. The third kappa shape index (κ3) is 0.992. The first kappa shape index (κ1) is 5.15. The van der Waals surface area contributed by atoms with Crippen LogP contribution in [0.1, 0.15) is 6.42 Å². The normalized spacial score (nSPS) is 18.6. The molecular formula is C5H3FNO. The van der Waals surface area contributed by atoms with Crippen LogP contribution in [0.3, 0.4) is 0 Å². The Balaban J connectivity index is 2.73. The van der Waals surface area contributed by atoms with E-state index < -0.39 is 11.6 Å². The molecule has 1 aliphatic rings. The highest BCUT2D eigenvalue weighted by Crippen LogP contribution is 2.05. The van der Waals surface area contributed by atoms with Gasteiger partial charge in [-0.15, -0.1) is 0 Å². The second-order valence-electron chi connectivity index (χ2n) is 1.42. The van der Waals surface area contributed by atoms with Crippen LogP contribution in [-0.4, -0.2) is 12.0 Å². The third-order valence-electron chi connectivity index (χ3n) is 0.723. The number of aliphatic imine (C=N–C) groups is 1.